The molecule has 0 bridgehead atoms. The molecule has 0 fully saturated rings. The van der Waals surface area contributed by atoms with E-state index in [-0.39, 0.29) is 5.78 Å². The van der Waals surface area contributed by atoms with Crippen molar-refractivity contribution >= 4 is 33.4 Å². The van der Waals surface area contributed by atoms with Gasteiger partial charge in [0.1, 0.15) is 5.75 Å². The van der Waals surface area contributed by atoms with Crippen LogP contribution in [0.25, 0.3) is 16.3 Å². The first kappa shape index (κ1) is 17.2. The number of hydrogen-bond donors (Lipinski definition) is 0. The zero-order chi connectivity index (χ0) is 18.6. The molecule has 0 spiro atoms. The van der Waals surface area contributed by atoms with Crippen LogP contribution in [0.4, 0.5) is 0 Å². The van der Waals surface area contributed by atoms with E-state index in [2.05, 4.69) is 4.98 Å². The minimum Gasteiger partial charge on any atom is -0.431 e. The van der Waals surface area contributed by atoms with Crippen LogP contribution in [-0.2, 0) is 0 Å². The smallest absolute Gasteiger partial charge is 0.279 e. The Kier molecular flexibility index (Phi) is 4.81. The number of allylic oxidation sites excluding steroid dienone is 1. The van der Waals surface area contributed by atoms with Crippen LogP contribution in [0.2, 0.25) is 0 Å². The van der Waals surface area contributed by atoms with Gasteiger partial charge in [-0.05, 0) is 55.0 Å². The molecule has 1 heterocycles. The van der Waals surface area contributed by atoms with E-state index in [4.69, 9.17) is 4.74 Å². The predicted molar refractivity (Wildman–Crippen MR) is 111 cm³/mol. The number of nitrogens with zero attached hydrogens (tertiary/aromatic N) is 1. The van der Waals surface area contributed by atoms with Crippen LogP contribution in [0.1, 0.15) is 21.5 Å². The second kappa shape index (κ2) is 7.56. The normalized spacial score (nSPS) is 11.1. The van der Waals surface area contributed by atoms with Crippen LogP contribution < -0.4 is 4.74 Å². The molecule has 0 saturated carbocycles. The Balaban J connectivity index is 1.45. The summed E-state index contributed by atoms with van der Waals surface area (Å²) in [6, 6.07) is 23.1. The summed E-state index contributed by atoms with van der Waals surface area (Å²) >= 11 is 1.50. The van der Waals surface area contributed by atoms with E-state index in [1.54, 1.807) is 30.3 Å². The number of hydrogen-bond acceptors (Lipinski definition) is 4. The lowest BCUT2D eigenvalue weighted by Crippen LogP contribution is -1.94. The number of ketones is 1. The lowest BCUT2D eigenvalue weighted by Gasteiger charge is -2.02. The standard InChI is InChI=1S/C23H17NO2S/c1-16-5-4-6-17(15-16)9-14-21(25)18-10-12-19(13-11-18)26-23-24-20-7-2-3-8-22(20)27-23/h2-15H,1H3/b14-9+. The minimum absolute atomic E-state index is 0.0388. The van der Waals surface area contributed by atoms with Gasteiger partial charge in [0.25, 0.3) is 5.19 Å². The highest BCUT2D eigenvalue weighted by atomic mass is 32.1. The van der Waals surface area contributed by atoms with E-state index < -0.39 is 0 Å². The van der Waals surface area contributed by atoms with Crippen molar-refractivity contribution in [2.45, 2.75) is 6.92 Å². The van der Waals surface area contributed by atoms with Gasteiger partial charge in [-0.3, -0.25) is 4.79 Å². The van der Waals surface area contributed by atoms with E-state index in [1.807, 2.05) is 61.5 Å². The molecule has 0 N–H and O–H groups in total. The molecule has 4 aromatic rings. The highest BCUT2D eigenvalue weighted by Crippen LogP contribution is 2.31. The zero-order valence-electron chi connectivity index (χ0n) is 14.8. The number of carbonyl (C=O) groups is 1. The maximum Gasteiger partial charge on any atom is 0.279 e. The van der Waals surface area contributed by atoms with Crippen molar-refractivity contribution < 1.29 is 9.53 Å². The summed E-state index contributed by atoms with van der Waals surface area (Å²) in [7, 11) is 0. The monoisotopic (exact) mass is 371 g/mol. The van der Waals surface area contributed by atoms with Crippen LogP contribution in [0, 0.1) is 6.92 Å². The second-order valence-corrected chi connectivity index (χ2v) is 7.18. The third-order valence-corrected chi connectivity index (χ3v) is 5.00. The molecule has 4 rings (SSSR count). The van der Waals surface area contributed by atoms with Crippen LogP contribution >= 0.6 is 11.3 Å². The highest BCUT2D eigenvalue weighted by Gasteiger charge is 2.07. The average Bonchev–Trinajstić information content (AvgIpc) is 3.09. The minimum atomic E-state index is -0.0388. The Hall–Kier alpha value is -3.24. The Morgan fingerprint density at radius 2 is 1.81 bits per heavy atom. The number of benzene rings is 3. The van der Waals surface area contributed by atoms with Crippen LogP contribution in [0.5, 0.6) is 10.9 Å². The summed E-state index contributed by atoms with van der Waals surface area (Å²) < 4.78 is 6.90. The van der Waals surface area contributed by atoms with Gasteiger partial charge in [-0.25, -0.2) is 4.98 Å². The summed E-state index contributed by atoms with van der Waals surface area (Å²) in [5.41, 5.74) is 3.72. The molecule has 27 heavy (non-hydrogen) atoms. The lowest BCUT2D eigenvalue weighted by atomic mass is 10.1. The number of para-hydroxylation sites is 1. The van der Waals surface area contributed by atoms with Crippen LogP contribution in [-0.4, -0.2) is 10.8 Å². The van der Waals surface area contributed by atoms with Crippen molar-refractivity contribution in [3.63, 3.8) is 0 Å². The molecule has 3 nitrogen and oxygen atoms in total. The number of aryl methyl sites for hydroxylation is 1. The van der Waals surface area contributed by atoms with Gasteiger partial charge in [0.05, 0.1) is 10.2 Å². The van der Waals surface area contributed by atoms with Crippen LogP contribution in [0.15, 0.2) is 78.9 Å². The molecule has 0 aliphatic rings. The molecular weight excluding hydrogens is 354 g/mol. The van der Waals surface area contributed by atoms with Gasteiger partial charge in [-0.15, -0.1) is 0 Å². The largest absolute Gasteiger partial charge is 0.431 e. The molecule has 0 amide bonds. The highest BCUT2D eigenvalue weighted by molar-refractivity contribution is 7.20. The third kappa shape index (κ3) is 4.13. The van der Waals surface area contributed by atoms with Crippen molar-refractivity contribution in [2.24, 2.45) is 0 Å². The fourth-order valence-corrected chi connectivity index (χ4v) is 3.56. The van der Waals surface area contributed by atoms with E-state index in [0.717, 1.165) is 15.8 Å². The van der Waals surface area contributed by atoms with Gasteiger partial charge in [0.15, 0.2) is 5.78 Å². The Bertz CT molecular complexity index is 1090. The van der Waals surface area contributed by atoms with Gasteiger partial charge in [0.2, 0.25) is 0 Å². The summed E-state index contributed by atoms with van der Waals surface area (Å²) in [5.74, 6) is 0.622. The van der Waals surface area contributed by atoms with Gasteiger partial charge in [-0.2, -0.15) is 0 Å². The Morgan fingerprint density at radius 1 is 1.00 bits per heavy atom. The fraction of sp³-hybridized carbons (Fsp3) is 0.0435. The second-order valence-electron chi connectivity index (χ2n) is 6.19. The first-order valence-corrected chi connectivity index (χ1v) is 9.42. The quantitative estimate of drug-likeness (QED) is 0.305. The molecule has 4 heteroatoms. The Morgan fingerprint density at radius 3 is 2.59 bits per heavy atom. The van der Waals surface area contributed by atoms with E-state index in [1.165, 1.54) is 16.9 Å². The maximum atomic E-state index is 12.4. The van der Waals surface area contributed by atoms with Crippen LogP contribution in [0.3, 0.4) is 0 Å². The molecule has 1 aromatic heterocycles. The van der Waals surface area contributed by atoms with E-state index in [0.29, 0.717) is 16.5 Å². The number of rotatable bonds is 5. The number of carbonyl (C=O) groups excluding carboxylic acids is 1. The van der Waals surface area contributed by atoms with Gasteiger partial charge in [-0.1, -0.05) is 59.4 Å². The SMILES string of the molecule is Cc1cccc(/C=C/C(=O)c2ccc(Oc3nc4ccccc4s3)cc2)c1. The number of ether oxygens (including phenoxy) is 1. The summed E-state index contributed by atoms with van der Waals surface area (Å²) in [6.07, 6.45) is 3.43. The van der Waals surface area contributed by atoms with Crippen molar-refractivity contribution in [3.05, 3.63) is 95.6 Å². The van der Waals surface area contributed by atoms with Crippen molar-refractivity contribution in [1.29, 1.82) is 0 Å². The molecule has 0 radical (unpaired) electrons. The number of aromatic nitrogens is 1. The van der Waals surface area contributed by atoms with Crippen molar-refractivity contribution in [3.8, 4) is 10.9 Å². The lowest BCUT2D eigenvalue weighted by molar-refractivity contribution is 0.104. The first-order chi connectivity index (χ1) is 13.2. The molecule has 132 valence electrons. The van der Waals surface area contributed by atoms with Gasteiger partial charge >= 0.3 is 0 Å². The zero-order valence-corrected chi connectivity index (χ0v) is 15.6. The molecule has 0 aliphatic carbocycles. The Labute approximate surface area is 161 Å². The summed E-state index contributed by atoms with van der Waals surface area (Å²) in [4.78, 5) is 16.8. The topological polar surface area (TPSA) is 39.2 Å². The molecule has 0 unspecified atom stereocenters. The maximum absolute atomic E-state index is 12.4. The number of thiazole rings is 1. The molecule has 0 atom stereocenters. The number of fused-ring (bicyclic) bond motifs is 1. The summed E-state index contributed by atoms with van der Waals surface area (Å²) in [5, 5.41) is 0.592. The molecule has 3 aromatic carbocycles. The van der Waals surface area contributed by atoms with E-state index >= 15 is 0 Å². The first-order valence-electron chi connectivity index (χ1n) is 8.60. The molecule has 0 aliphatic heterocycles. The molecular formula is C23H17NO2S. The van der Waals surface area contributed by atoms with Gasteiger partial charge in [0, 0.05) is 5.56 Å². The average molecular weight is 371 g/mol. The van der Waals surface area contributed by atoms with Gasteiger partial charge < -0.3 is 4.74 Å². The third-order valence-electron chi connectivity index (χ3n) is 4.09. The van der Waals surface area contributed by atoms with Crippen molar-refractivity contribution in [1.82, 2.24) is 4.98 Å². The predicted octanol–water partition coefficient (Wildman–Crippen LogP) is 6.29. The molecule has 0 saturated heterocycles. The van der Waals surface area contributed by atoms with E-state index in [9.17, 15) is 4.79 Å². The summed E-state index contributed by atoms with van der Waals surface area (Å²) in [6.45, 7) is 2.03. The van der Waals surface area contributed by atoms with Crippen molar-refractivity contribution in [2.75, 3.05) is 0 Å². The fourth-order valence-electron chi connectivity index (χ4n) is 2.72.